The first-order chi connectivity index (χ1) is 7.61. The second-order valence-electron chi connectivity index (χ2n) is 3.44. The van der Waals surface area contributed by atoms with Gasteiger partial charge in [-0.05, 0) is 18.9 Å². The Hall–Kier alpha value is -1.57. The predicted molar refractivity (Wildman–Crippen MR) is 66.4 cm³/mol. The first-order valence-electron chi connectivity index (χ1n) is 4.89. The van der Waals surface area contributed by atoms with Crippen molar-refractivity contribution in [3.63, 3.8) is 0 Å². The van der Waals surface area contributed by atoms with Crippen molar-refractivity contribution in [3.8, 4) is 11.8 Å². The minimum atomic E-state index is -0.736. The molecule has 0 radical (unpaired) electrons. The highest BCUT2D eigenvalue weighted by Crippen LogP contribution is 2.30. The standard InChI is InChI=1S/C12H13FN2O.ClH/c1-2-3-4-11(15)8-5-6-10(13)9(7-14)12(8)16;/h2,5-6,11,16H,1,3-4,15H2;1H/t11-;/m1./s1. The first-order valence-corrected chi connectivity index (χ1v) is 4.89. The number of benzene rings is 1. The molecule has 3 N–H and O–H groups in total. The van der Waals surface area contributed by atoms with Gasteiger partial charge in [0, 0.05) is 11.6 Å². The SMILES string of the molecule is C=CCC[C@@H](N)c1ccc(F)c(C#N)c1O.Cl. The highest BCUT2D eigenvalue weighted by atomic mass is 35.5. The summed E-state index contributed by atoms with van der Waals surface area (Å²) in [7, 11) is 0. The Morgan fingerprint density at radius 1 is 1.59 bits per heavy atom. The van der Waals surface area contributed by atoms with Gasteiger partial charge in [0.05, 0.1) is 0 Å². The van der Waals surface area contributed by atoms with E-state index in [4.69, 9.17) is 11.0 Å². The van der Waals surface area contributed by atoms with Crippen molar-refractivity contribution in [2.75, 3.05) is 0 Å². The number of phenolic OH excluding ortho intramolecular Hbond substituents is 1. The number of hydrogen-bond donors (Lipinski definition) is 2. The Kier molecular flexibility index (Phi) is 6.26. The molecule has 0 saturated carbocycles. The average Bonchev–Trinajstić information content (AvgIpc) is 2.26. The second-order valence-corrected chi connectivity index (χ2v) is 3.44. The van der Waals surface area contributed by atoms with Gasteiger partial charge in [0.2, 0.25) is 0 Å². The molecule has 0 aliphatic heterocycles. The number of phenols is 1. The summed E-state index contributed by atoms with van der Waals surface area (Å²) in [6.45, 7) is 3.57. The summed E-state index contributed by atoms with van der Waals surface area (Å²) in [4.78, 5) is 0. The summed E-state index contributed by atoms with van der Waals surface area (Å²) < 4.78 is 13.1. The zero-order valence-corrected chi connectivity index (χ0v) is 10.0. The molecule has 1 aromatic rings. The maximum Gasteiger partial charge on any atom is 0.144 e. The summed E-state index contributed by atoms with van der Waals surface area (Å²) in [6.07, 6.45) is 3.00. The molecule has 0 amide bonds. The lowest BCUT2D eigenvalue weighted by Gasteiger charge is -2.13. The van der Waals surface area contributed by atoms with Gasteiger partial charge in [0.1, 0.15) is 23.2 Å². The van der Waals surface area contributed by atoms with Crippen molar-refractivity contribution in [1.82, 2.24) is 0 Å². The Balaban J connectivity index is 0.00000256. The van der Waals surface area contributed by atoms with Crippen LogP contribution in [0.5, 0.6) is 5.75 Å². The normalized spacial score (nSPS) is 11.1. The Bertz CT molecular complexity index is 443. The number of aromatic hydroxyl groups is 1. The lowest BCUT2D eigenvalue weighted by molar-refractivity contribution is 0.450. The van der Waals surface area contributed by atoms with Crippen LogP contribution in [0.25, 0.3) is 0 Å². The van der Waals surface area contributed by atoms with Crippen LogP contribution in [-0.2, 0) is 0 Å². The lowest BCUT2D eigenvalue weighted by atomic mass is 9.99. The number of allylic oxidation sites excluding steroid dienone is 1. The summed E-state index contributed by atoms with van der Waals surface area (Å²) in [6, 6.07) is 3.73. The van der Waals surface area contributed by atoms with Crippen LogP contribution in [0.4, 0.5) is 4.39 Å². The first kappa shape index (κ1) is 15.4. The third-order valence-corrected chi connectivity index (χ3v) is 2.35. The van der Waals surface area contributed by atoms with Crippen molar-refractivity contribution in [2.45, 2.75) is 18.9 Å². The number of nitriles is 1. The van der Waals surface area contributed by atoms with Crippen LogP contribution < -0.4 is 5.73 Å². The smallest absolute Gasteiger partial charge is 0.144 e. The van der Waals surface area contributed by atoms with Crippen LogP contribution in [0.1, 0.15) is 30.0 Å². The molecule has 0 saturated heterocycles. The lowest BCUT2D eigenvalue weighted by Crippen LogP contribution is -2.10. The Morgan fingerprint density at radius 3 is 2.76 bits per heavy atom. The number of hydrogen-bond acceptors (Lipinski definition) is 3. The second kappa shape index (κ2) is 6.89. The van der Waals surface area contributed by atoms with E-state index in [2.05, 4.69) is 6.58 Å². The van der Waals surface area contributed by atoms with E-state index in [1.165, 1.54) is 6.07 Å². The molecular weight excluding hydrogens is 243 g/mol. The van der Waals surface area contributed by atoms with Gasteiger partial charge in [-0.1, -0.05) is 12.1 Å². The third-order valence-electron chi connectivity index (χ3n) is 2.35. The third kappa shape index (κ3) is 3.45. The number of nitrogens with zero attached hydrogens (tertiary/aromatic N) is 1. The highest BCUT2D eigenvalue weighted by Gasteiger charge is 2.16. The molecule has 0 aromatic heterocycles. The summed E-state index contributed by atoms with van der Waals surface area (Å²) >= 11 is 0. The minimum absolute atomic E-state index is 0. The quantitative estimate of drug-likeness (QED) is 0.814. The topological polar surface area (TPSA) is 70.0 Å². The largest absolute Gasteiger partial charge is 0.506 e. The van der Waals surface area contributed by atoms with Crippen LogP contribution in [0, 0.1) is 17.1 Å². The number of nitrogens with two attached hydrogens (primary N) is 1. The van der Waals surface area contributed by atoms with Gasteiger partial charge in [-0.15, -0.1) is 19.0 Å². The van der Waals surface area contributed by atoms with E-state index >= 15 is 0 Å². The highest BCUT2D eigenvalue weighted by molar-refractivity contribution is 5.85. The van der Waals surface area contributed by atoms with E-state index in [1.54, 1.807) is 12.1 Å². The molecule has 1 rings (SSSR count). The van der Waals surface area contributed by atoms with E-state index in [0.29, 0.717) is 18.4 Å². The van der Waals surface area contributed by atoms with Gasteiger partial charge < -0.3 is 10.8 Å². The molecule has 5 heteroatoms. The zero-order chi connectivity index (χ0) is 12.1. The van der Waals surface area contributed by atoms with Crippen molar-refractivity contribution < 1.29 is 9.50 Å². The van der Waals surface area contributed by atoms with Crippen molar-refractivity contribution >= 4 is 12.4 Å². The van der Waals surface area contributed by atoms with Gasteiger partial charge in [-0.3, -0.25) is 0 Å². The molecule has 0 unspecified atom stereocenters. The molecule has 0 heterocycles. The fraction of sp³-hybridized carbons (Fsp3) is 0.250. The molecule has 3 nitrogen and oxygen atoms in total. The van der Waals surface area contributed by atoms with Gasteiger partial charge in [0.25, 0.3) is 0 Å². The number of halogens is 2. The fourth-order valence-corrected chi connectivity index (χ4v) is 1.44. The molecular formula is C12H14ClFN2O. The monoisotopic (exact) mass is 256 g/mol. The maximum atomic E-state index is 13.1. The van der Waals surface area contributed by atoms with E-state index in [1.807, 2.05) is 0 Å². The molecule has 17 heavy (non-hydrogen) atoms. The molecule has 92 valence electrons. The molecule has 1 aromatic carbocycles. The molecule has 0 bridgehead atoms. The molecule has 0 aliphatic carbocycles. The van der Waals surface area contributed by atoms with E-state index in [-0.39, 0.29) is 23.7 Å². The van der Waals surface area contributed by atoms with E-state index in [9.17, 15) is 9.50 Å². The van der Waals surface area contributed by atoms with Crippen LogP contribution in [0.2, 0.25) is 0 Å². The van der Waals surface area contributed by atoms with Gasteiger partial charge in [-0.2, -0.15) is 5.26 Å². The summed E-state index contributed by atoms with van der Waals surface area (Å²) in [5, 5.41) is 18.3. The molecule has 0 fully saturated rings. The zero-order valence-electron chi connectivity index (χ0n) is 9.19. The average molecular weight is 257 g/mol. The summed E-state index contributed by atoms with van der Waals surface area (Å²) in [5.74, 6) is -1.10. The fourth-order valence-electron chi connectivity index (χ4n) is 1.44. The van der Waals surface area contributed by atoms with Crippen LogP contribution in [0.3, 0.4) is 0 Å². The molecule has 0 aliphatic rings. The Labute approximate surface area is 106 Å². The van der Waals surface area contributed by atoms with E-state index in [0.717, 1.165) is 6.07 Å². The molecule has 1 atom stereocenters. The summed E-state index contributed by atoms with van der Waals surface area (Å²) in [5.41, 5.74) is 5.85. The maximum absolute atomic E-state index is 13.1. The van der Waals surface area contributed by atoms with Crippen LogP contribution in [-0.4, -0.2) is 5.11 Å². The van der Waals surface area contributed by atoms with Gasteiger partial charge in [-0.25, -0.2) is 4.39 Å². The van der Waals surface area contributed by atoms with Gasteiger partial charge in [0.15, 0.2) is 0 Å². The van der Waals surface area contributed by atoms with Crippen LogP contribution in [0.15, 0.2) is 24.8 Å². The van der Waals surface area contributed by atoms with E-state index < -0.39 is 11.9 Å². The molecule has 0 spiro atoms. The van der Waals surface area contributed by atoms with Crippen molar-refractivity contribution in [2.24, 2.45) is 5.73 Å². The van der Waals surface area contributed by atoms with Gasteiger partial charge >= 0.3 is 0 Å². The van der Waals surface area contributed by atoms with Crippen molar-refractivity contribution in [1.29, 1.82) is 5.26 Å². The Morgan fingerprint density at radius 2 is 2.24 bits per heavy atom. The predicted octanol–water partition coefficient (Wildman–Crippen LogP) is 2.79. The van der Waals surface area contributed by atoms with Crippen molar-refractivity contribution in [3.05, 3.63) is 41.7 Å². The minimum Gasteiger partial charge on any atom is -0.506 e. The van der Waals surface area contributed by atoms with Crippen LogP contribution >= 0.6 is 12.4 Å². The number of rotatable bonds is 4.